The molecule has 0 bridgehead atoms. The van der Waals surface area contributed by atoms with Gasteiger partial charge in [0.2, 0.25) is 0 Å². The van der Waals surface area contributed by atoms with E-state index in [1.54, 1.807) is 0 Å². The molecule has 2 aliphatic rings. The lowest BCUT2D eigenvalue weighted by Gasteiger charge is -2.47. The van der Waals surface area contributed by atoms with Crippen LogP contribution in [-0.4, -0.2) is 54.1 Å². The van der Waals surface area contributed by atoms with Gasteiger partial charge in [0.25, 0.3) is 0 Å². The zero-order valence-corrected chi connectivity index (χ0v) is 10.1. The second kappa shape index (κ2) is 5.13. The zero-order chi connectivity index (χ0) is 11.5. The van der Waals surface area contributed by atoms with E-state index in [-0.39, 0.29) is 6.04 Å². The number of nitrogens with two attached hydrogens (primary N) is 1. The standard InChI is InChI=1S/C12H22N4/c1-10-7-15-5-3-2-4-12(15)9-16(10)8-11(14)6-13/h10-12H,2-5,7-9,14H2,1H3. The van der Waals surface area contributed by atoms with E-state index in [9.17, 15) is 0 Å². The largest absolute Gasteiger partial charge is 0.315 e. The maximum absolute atomic E-state index is 8.77. The maximum atomic E-state index is 8.77. The van der Waals surface area contributed by atoms with Crippen molar-refractivity contribution in [2.24, 2.45) is 5.73 Å². The van der Waals surface area contributed by atoms with Crippen LogP contribution in [0, 0.1) is 11.3 Å². The second-order valence-corrected chi connectivity index (χ2v) is 5.18. The van der Waals surface area contributed by atoms with Crippen molar-refractivity contribution in [1.82, 2.24) is 9.80 Å². The van der Waals surface area contributed by atoms with Crippen molar-refractivity contribution < 1.29 is 0 Å². The van der Waals surface area contributed by atoms with Gasteiger partial charge in [-0.2, -0.15) is 5.26 Å². The van der Waals surface area contributed by atoms with Crippen LogP contribution in [0.2, 0.25) is 0 Å². The molecule has 3 atom stereocenters. The first kappa shape index (κ1) is 11.8. The van der Waals surface area contributed by atoms with Crippen molar-refractivity contribution in [2.75, 3.05) is 26.2 Å². The third kappa shape index (κ3) is 2.54. The van der Waals surface area contributed by atoms with Gasteiger partial charge in [-0.15, -0.1) is 0 Å². The summed E-state index contributed by atoms with van der Waals surface area (Å²) in [6, 6.07) is 3.03. The van der Waals surface area contributed by atoms with Gasteiger partial charge < -0.3 is 5.73 Å². The van der Waals surface area contributed by atoms with Crippen LogP contribution in [0.1, 0.15) is 26.2 Å². The van der Waals surface area contributed by atoms with Crippen molar-refractivity contribution in [3.63, 3.8) is 0 Å². The number of piperazine rings is 1. The Balaban J connectivity index is 1.93. The molecule has 4 nitrogen and oxygen atoms in total. The molecule has 0 aromatic rings. The topological polar surface area (TPSA) is 56.3 Å². The average Bonchev–Trinajstić information content (AvgIpc) is 2.30. The van der Waals surface area contributed by atoms with Gasteiger partial charge >= 0.3 is 0 Å². The molecule has 2 N–H and O–H groups in total. The normalized spacial score (nSPS) is 34.1. The number of rotatable bonds is 2. The van der Waals surface area contributed by atoms with Crippen LogP contribution in [-0.2, 0) is 0 Å². The molecule has 2 heterocycles. The van der Waals surface area contributed by atoms with Crippen LogP contribution in [0.5, 0.6) is 0 Å². The van der Waals surface area contributed by atoms with Gasteiger partial charge in [-0.1, -0.05) is 6.42 Å². The second-order valence-electron chi connectivity index (χ2n) is 5.18. The third-order valence-corrected chi connectivity index (χ3v) is 3.91. The molecular weight excluding hydrogens is 200 g/mol. The minimum absolute atomic E-state index is 0.336. The Morgan fingerprint density at radius 2 is 2.25 bits per heavy atom. The minimum Gasteiger partial charge on any atom is -0.315 e. The van der Waals surface area contributed by atoms with Gasteiger partial charge in [-0.05, 0) is 26.3 Å². The fraction of sp³-hybridized carbons (Fsp3) is 0.917. The van der Waals surface area contributed by atoms with Crippen LogP contribution in [0.4, 0.5) is 0 Å². The molecule has 4 heteroatoms. The molecule has 16 heavy (non-hydrogen) atoms. The Labute approximate surface area is 98.0 Å². The minimum atomic E-state index is -0.336. The number of fused-ring (bicyclic) bond motifs is 1. The van der Waals surface area contributed by atoms with Gasteiger partial charge in [0.1, 0.15) is 6.04 Å². The highest BCUT2D eigenvalue weighted by Gasteiger charge is 2.33. The molecular formula is C12H22N4. The highest BCUT2D eigenvalue weighted by atomic mass is 15.3. The summed E-state index contributed by atoms with van der Waals surface area (Å²) in [6.45, 7) is 6.46. The van der Waals surface area contributed by atoms with Crippen LogP contribution < -0.4 is 5.73 Å². The summed E-state index contributed by atoms with van der Waals surface area (Å²) in [6.07, 6.45) is 4.01. The van der Waals surface area contributed by atoms with E-state index in [1.807, 2.05) is 0 Å². The maximum Gasteiger partial charge on any atom is 0.106 e. The van der Waals surface area contributed by atoms with E-state index in [2.05, 4.69) is 22.8 Å². The van der Waals surface area contributed by atoms with Crippen molar-refractivity contribution in [1.29, 1.82) is 5.26 Å². The molecule has 90 valence electrons. The van der Waals surface area contributed by atoms with E-state index in [1.165, 1.54) is 25.8 Å². The fourth-order valence-corrected chi connectivity index (χ4v) is 2.96. The SMILES string of the molecule is CC1CN2CCCCC2CN1CC(N)C#N. The lowest BCUT2D eigenvalue weighted by Crippen LogP contribution is -2.60. The molecule has 0 aromatic carbocycles. The summed E-state index contributed by atoms with van der Waals surface area (Å²) < 4.78 is 0. The summed E-state index contributed by atoms with van der Waals surface area (Å²) in [5, 5.41) is 8.77. The summed E-state index contributed by atoms with van der Waals surface area (Å²) in [5.74, 6) is 0. The number of hydrogen-bond donors (Lipinski definition) is 1. The molecule has 0 aromatic heterocycles. The lowest BCUT2D eigenvalue weighted by atomic mass is 9.97. The van der Waals surface area contributed by atoms with Crippen LogP contribution in [0.15, 0.2) is 0 Å². The molecule has 0 radical (unpaired) electrons. The van der Waals surface area contributed by atoms with E-state index in [4.69, 9.17) is 11.0 Å². The average molecular weight is 222 g/mol. The molecule has 0 amide bonds. The Morgan fingerprint density at radius 1 is 1.44 bits per heavy atom. The fourth-order valence-electron chi connectivity index (χ4n) is 2.96. The van der Waals surface area contributed by atoms with Crippen molar-refractivity contribution >= 4 is 0 Å². The number of nitrogens with zero attached hydrogens (tertiary/aromatic N) is 3. The Morgan fingerprint density at radius 3 is 3.00 bits per heavy atom. The van der Waals surface area contributed by atoms with Crippen LogP contribution >= 0.6 is 0 Å². The van der Waals surface area contributed by atoms with Gasteiger partial charge in [0.15, 0.2) is 0 Å². The van der Waals surface area contributed by atoms with Gasteiger partial charge in [0.05, 0.1) is 6.07 Å². The van der Waals surface area contributed by atoms with Gasteiger partial charge in [-0.3, -0.25) is 9.80 Å². The predicted octanol–water partition coefficient (Wildman–Crippen LogP) is 0.396. The summed E-state index contributed by atoms with van der Waals surface area (Å²) in [7, 11) is 0. The Bertz CT molecular complexity index is 273. The molecule has 0 saturated carbocycles. The third-order valence-electron chi connectivity index (χ3n) is 3.91. The van der Waals surface area contributed by atoms with E-state index >= 15 is 0 Å². The first-order chi connectivity index (χ1) is 7.70. The van der Waals surface area contributed by atoms with E-state index in [0.29, 0.717) is 12.1 Å². The molecule has 2 saturated heterocycles. The quantitative estimate of drug-likeness (QED) is 0.734. The highest BCUT2D eigenvalue weighted by Crippen LogP contribution is 2.23. The van der Waals surface area contributed by atoms with Crippen molar-refractivity contribution in [2.45, 2.75) is 44.3 Å². The monoisotopic (exact) mass is 222 g/mol. The predicted molar refractivity (Wildman–Crippen MR) is 63.8 cm³/mol. The smallest absolute Gasteiger partial charge is 0.106 e. The molecule has 3 unspecified atom stereocenters. The first-order valence-corrected chi connectivity index (χ1v) is 6.34. The number of hydrogen-bond acceptors (Lipinski definition) is 4. The summed E-state index contributed by atoms with van der Waals surface area (Å²) in [5.41, 5.74) is 5.72. The first-order valence-electron chi connectivity index (χ1n) is 6.34. The molecule has 0 spiro atoms. The summed E-state index contributed by atoms with van der Waals surface area (Å²) >= 11 is 0. The van der Waals surface area contributed by atoms with Gasteiger partial charge in [-0.25, -0.2) is 0 Å². The van der Waals surface area contributed by atoms with Crippen molar-refractivity contribution in [3.8, 4) is 6.07 Å². The highest BCUT2D eigenvalue weighted by molar-refractivity contribution is 4.94. The van der Waals surface area contributed by atoms with Crippen LogP contribution in [0.25, 0.3) is 0 Å². The number of nitriles is 1. The van der Waals surface area contributed by atoms with E-state index < -0.39 is 0 Å². The van der Waals surface area contributed by atoms with E-state index in [0.717, 1.165) is 19.6 Å². The molecule has 2 aliphatic heterocycles. The van der Waals surface area contributed by atoms with Gasteiger partial charge in [0, 0.05) is 31.7 Å². The Kier molecular flexibility index (Phi) is 3.80. The number of piperidine rings is 1. The van der Waals surface area contributed by atoms with Crippen molar-refractivity contribution in [3.05, 3.63) is 0 Å². The zero-order valence-electron chi connectivity index (χ0n) is 10.1. The van der Waals surface area contributed by atoms with Crippen LogP contribution in [0.3, 0.4) is 0 Å². The lowest BCUT2D eigenvalue weighted by molar-refractivity contribution is 0.0147. The summed E-state index contributed by atoms with van der Waals surface area (Å²) in [4.78, 5) is 5.00. The molecule has 2 rings (SSSR count). The molecule has 0 aliphatic carbocycles. The Hall–Kier alpha value is -0.630. The molecule has 2 fully saturated rings.